The van der Waals surface area contributed by atoms with Gasteiger partial charge in [-0.05, 0) is 47.2 Å². The van der Waals surface area contributed by atoms with E-state index in [1.807, 2.05) is 0 Å². The van der Waals surface area contributed by atoms with E-state index in [0.29, 0.717) is 6.04 Å². The first-order valence-electron chi connectivity index (χ1n) is 8.36. The second kappa shape index (κ2) is 6.39. The van der Waals surface area contributed by atoms with E-state index >= 15 is 0 Å². The molecule has 1 aliphatic heterocycles. The molecule has 1 heteroatoms. The van der Waals surface area contributed by atoms with Crippen LogP contribution in [-0.4, -0.2) is 6.54 Å². The number of nitrogens with one attached hydrogen (secondary N) is 1. The summed E-state index contributed by atoms with van der Waals surface area (Å²) < 4.78 is 0. The van der Waals surface area contributed by atoms with Gasteiger partial charge in [-0.2, -0.15) is 0 Å². The van der Waals surface area contributed by atoms with Crippen LogP contribution in [0.4, 0.5) is 0 Å². The molecule has 23 heavy (non-hydrogen) atoms. The van der Waals surface area contributed by atoms with E-state index in [4.69, 9.17) is 0 Å². The molecule has 1 unspecified atom stereocenters. The Bertz CT molecular complexity index is 775. The largest absolute Gasteiger partial charge is 0.309 e. The van der Waals surface area contributed by atoms with Crippen LogP contribution in [-0.2, 0) is 12.8 Å². The van der Waals surface area contributed by atoms with E-state index in [-0.39, 0.29) is 0 Å². The highest BCUT2D eigenvalue weighted by atomic mass is 14.9. The van der Waals surface area contributed by atoms with Gasteiger partial charge in [0.25, 0.3) is 0 Å². The Hall–Kier alpha value is -2.38. The van der Waals surface area contributed by atoms with Gasteiger partial charge in [0.15, 0.2) is 0 Å². The summed E-state index contributed by atoms with van der Waals surface area (Å²) in [7, 11) is 0. The van der Waals surface area contributed by atoms with E-state index in [0.717, 1.165) is 19.4 Å². The van der Waals surface area contributed by atoms with E-state index in [1.54, 1.807) is 0 Å². The van der Waals surface area contributed by atoms with E-state index in [2.05, 4.69) is 84.2 Å². The highest BCUT2D eigenvalue weighted by Crippen LogP contribution is 2.27. The summed E-state index contributed by atoms with van der Waals surface area (Å²) in [4.78, 5) is 0. The van der Waals surface area contributed by atoms with Crippen LogP contribution in [0.3, 0.4) is 0 Å². The third-order valence-electron chi connectivity index (χ3n) is 4.72. The first-order valence-corrected chi connectivity index (χ1v) is 8.36. The average Bonchev–Trinajstić information content (AvgIpc) is 2.63. The maximum atomic E-state index is 3.67. The summed E-state index contributed by atoms with van der Waals surface area (Å²) in [5.74, 6) is 0. The number of fused-ring (bicyclic) bond motifs is 1. The molecule has 3 aromatic rings. The Balaban J connectivity index is 1.54. The van der Waals surface area contributed by atoms with Crippen molar-refractivity contribution in [2.75, 3.05) is 6.54 Å². The first kappa shape index (κ1) is 14.2. The van der Waals surface area contributed by atoms with Gasteiger partial charge in [0.2, 0.25) is 0 Å². The maximum absolute atomic E-state index is 3.67. The fraction of sp³-hybridized carbons (Fsp3) is 0.182. The standard InChI is InChI=1S/C22H21N/c1-2-6-18(7-3-1)19-12-10-17(11-13-19)16-22-21-9-5-4-8-20(21)14-15-23-22/h1-13,22-23H,14-16H2. The lowest BCUT2D eigenvalue weighted by atomic mass is 9.90. The molecule has 1 aliphatic rings. The molecule has 1 N–H and O–H groups in total. The molecule has 0 aromatic heterocycles. The average molecular weight is 299 g/mol. The van der Waals surface area contributed by atoms with Crippen LogP contribution in [0.2, 0.25) is 0 Å². The van der Waals surface area contributed by atoms with Crippen LogP contribution < -0.4 is 5.32 Å². The van der Waals surface area contributed by atoms with Crippen molar-refractivity contribution < 1.29 is 0 Å². The molecule has 1 heterocycles. The minimum absolute atomic E-state index is 0.433. The monoisotopic (exact) mass is 299 g/mol. The normalized spacial score (nSPS) is 16.8. The van der Waals surface area contributed by atoms with Crippen molar-refractivity contribution in [1.29, 1.82) is 0 Å². The number of hydrogen-bond acceptors (Lipinski definition) is 1. The van der Waals surface area contributed by atoms with Gasteiger partial charge in [0.1, 0.15) is 0 Å². The molecule has 3 aromatic carbocycles. The highest BCUT2D eigenvalue weighted by Gasteiger charge is 2.19. The highest BCUT2D eigenvalue weighted by molar-refractivity contribution is 5.63. The molecule has 0 saturated carbocycles. The number of hydrogen-bond donors (Lipinski definition) is 1. The van der Waals surface area contributed by atoms with E-state index in [1.165, 1.54) is 27.8 Å². The number of benzene rings is 3. The zero-order valence-electron chi connectivity index (χ0n) is 13.2. The van der Waals surface area contributed by atoms with E-state index < -0.39 is 0 Å². The smallest absolute Gasteiger partial charge is 0.0363 e. The van der Waals surface area contributed by atoms with Gasteiger partial charge >= 0.3 is 0 Å². The summed E-state index contributed by atoms with van der Waals surface area (Å²) in [6, 6.07) is 28.8. The zero-order valence-corrected chi connectivity index (χ0v) is 13.2. The van der Waals surface area contributed by atoms with Crippen molar-refractivity contribution in [2.45, 2.75) is 18.9 Å². The molecule has 1 nitrogen and oxygen atoms in total. The minimum Gasteiger partial charge on any atom is -0.309 e. The van der Waals surface area contributed by atoms with Crippen LogP contribution in [0.1, 0.15) is 22.7 Å². The Morgan fingerprint density at radius 1 is 0.739 bits per heavy atom. The van der Waals surface area contributed by atoms with Crippen LogP contribution in [0.25, 0.3) is 11.1 Å². The lowest BCUT2D eigenvalue weighted by Gasteiger charge is -2.27. The van der Waals surface area contributed by atoms with Crippen molar-refractivity contribution in [2.24, 2.45) is 0 Å². The summed E-state index contributed by atoms with van der Waals surface area (Å²) >= 11 is 0. The van der Waals surface area contributed by atoms with Crippen molar-refractivity contribution in [3.8, 4) is 11.1 Å². The molecule has 0 fully saturated rings. The predicted octanol–water partition coefficient (Wildman–Crippen LogP) is 4.78. The van der Waals surface area contributed by atoms with Crippen molar-refractivity contribution in [3.05, 3.63) is 95.6 Å². The molecule has 0 saturated heterocycles. The van der Waals surface area contributed by atoms with Gasteiger partial charge in [-0.3, -0.25) is 0 Å². The van der Waals surface area contributed by atoms with Gasteiger partial charge in [-0.25, -0.2) is 0 Å². The molecule has 114 valence electrons. The quantitative estimate of drug-likeness (QED) is 0.733. The summed E-state index contributed by atoms with van der Waals surface area (Å²) in [5.41, 5.74) is 6.91. The predicted molar refractivity (Wildman–Crippen MR) is 96.5 cm³/mol. The summed E-state index contributed by atoms with van der Waals surface area (Å²) in [6.45, 7) is 1.07. The molecule has 0 radical (unpaired) electrons. The van der Waals surface area contributed by atoms with Crippen molar-refractivity contribution in [1.82, 2.24) is 5.32 Å². The van der Waals surface area contributed by atoms with Gasteiger partial charge < -0.3 is 5.32 Å². The lowest BCUT2D eigenvalue weighted by Crippen LogP contribution is -2.31. The first-order chi connectivity index (χ1) is 11.4. The molecule has 0 spiro atoms. The fourth-order valence-electron chi connectivity index (χ4n) is 3.47. The van der Waals surface area contributed by atoms with Crippen LogP contribution in [0.5, 0.6) is 0 Å². The van der Waals surface area contributed by atoms with E-state index in [9.17, 15) is 0 Å². The molecule has 0 bridgehead atoms. The third kappa shape index (κ3) is 3.06. The Labute approximate surface area is 138 Å². The van der Waals surface area contributed by atoms with Crippen LogP contribution in [0, 0.1) is 0 Å². The second-order valence-corrected chi connectivity index (χ2v) is 6.22. The van der Waals surface area contributed by atoms with Gasteiger partial charge in [-0.15, -0.1) is 0 Å². The molecule has 4 rings (SSSR count). The fourth-order valence-corrected chi connectivity index (χ4v) is 3.47. The van der Waals surface area contributed by atoms with Crippen molar-refractivity contribution >= 4 is 0 Å². The van der Waals surface area contributed by atoms with Gasteiger partial charge in [0.05, 0.1) is 0 Å². The van der Waals surface area contributed by atoms with Crippen LogP contribution >= 0.6 is 0 Å². The molecule has 0 aliphatic carbocycles. The third-order valence-corrected chi connectivity index (χ3v) is 4.72. The Morgan fingerprint density at radius 2 is 1.43 bits per heavy atom. The topological polar surface area (TPSA) is 12.0 Å². The SMILES string of the molecule is c1ccc(-c2ccc(CC3NCCc4ccccc43)cc2)cc1. The van der Waals surface area contributed by atoms with Gasteiger partial charge in [0, 0.05) is 6.04 Å². The summed E-state index contributed by atoms with van der Waals surface area (Å²) in [6.07, 6.45) is 2.19. The second-order valence-electron chi connectivity index (χ2n) is 6.22. The molecular weight excluding hydrogens is 278 g/mol. The van der Waals surface area contributed by atoms with Gasteiger partial charge in [-0.1, -0.05) is 78.9 Å². The molecule has 0 amide bonds. The molecule has 1 atom stereocenters. The Morgan fingerprint density at radius 3 is 2.26 bits per heavy atom. The lowest BCUT2D eigenvalue weighted by molar-refractivity contribution is 0.502. The van der Waals surface area contributed by atoms with Crippen molar-refractivity contribution in [3.63, 3.8) is 0 Å². The summed E-state index contributed by atoms with van der Waals surface area (Å²) in [5, 5.41) is 3.67. The number of rotatable bonds is 3. The minimum atomic E-state index is 0.433. The molecular formula is C22H21N. The maximum Gasteiger partial charge on any atom is 0.0363 e. The zero-order chi connectivity index (χ0) is 15.5. The van der Waals surface area contributed by atoms with Crippen LogP contribution in [0.15, 0.2) is 78.9 Å². The Kier molecular flexibility index (Phi) is 3.95.